The molecule has 6 nitrogen and oxygen atoms in total. The van der Waals surface area contributed by atoms with Crippen LogP contribution in [0.15, 0.2) is 16.7 Å². The van der Waals surface area contributed by atoms with Crippen LogP contribution in [0.3, 0.4) is 0 Å². The normalized spacial score (nSPS) is 16.4. The summed E-state index contributed by atoms with van der Waals surface area (Å²) in [6.45, 7) is 14.4. The van der Waals surface area contributed by atoms with Gasteiger partial charge in [-0.1, -0.05) is 20.8 Å². The maximum atomic E-state index is 12.7. The summed E-state index contributed by atoms with van der Waals surface area (Å²) >= 11 is 0. The number of nitrogens with one attached hydrogen (secondary N) is 1. The highest BCUT2D eigenvalue weighted by Gasteiger charge is 2.26. The number of aryl methyl sites for hydroxylation is 2. The van der Waals surface area contributed by atoms with Crippen LogP contribution in [0.25, 0.3) is 0 Å². The summed E-state index contributed by atoms with van der Waals surface area (Å²) in [6, 6.07) is 1.84. The number of carbonyl (C=O) groups excluding carboxylic acids is 1. The van der Waals surface area contributed by atoms with Crippen molar-refractivity contribution >= 4 is 5.91 Å². The van der Waals surface area contributed by atoms with Crippen LogP contribution in [0, 0.1) is 13.8 Å². The van der Waals surface area contributed by atoms with Crippen LogP contribution >= 0.6 is 0 Å². The first-order valence-electron chi connectivity index (χ1n) is 8.87. The average molecular weight is 344 g/mol. The van der Waals surface area contributed by atoms with Crippen LogP contribution in [0.1, 0.15) is 53.9 Å². The van der Waals surface area contributed by atoms with E-state index in [2.05, 4.69) is 35.9 Å². The number of H-pyrrole nitrogens is 1. The molecule has 0 radical (unpaired) electrons. The third-order valence-corrected chi connectivity index (χ3v) is 4.79. The van der Waals surface area contributed by atoms with Gasteiger partial charge in [0.25, 0.3) is 5.91 Å². The van der Waals surface area contributed by atoms with Gasteiger partial charge in [-0.3, -0.25) is 14.8 Å². The van der Waals surface area contributed by atoms with E-state index in [1.165, 1.54) is 11.3 Å². The number of hydrogen-bond donors (Lipinski definition) is 1. The second kappa shape index (κ2) is 6.67. The lowest BCUT2D eigenvalue weighted by Gasteiger charge is -2.35. The number of hydrogen-bond acceptors (Lipinski definition) is 4. The number of furan rings is 1. The minimum absolute atomic E-state index is 0.0558. The van der Waals surface area contributed by atoms with Gasteiger partial charge in [-0.2, -0.15) is 5.10 Å². The highest BCUT2D eigenvalue weighted by atomic mass is 16.3. The van der Waals surface area contributed by atoms with E-state index in [1.54, 1.807) is 0 Å². The average Bonchev–Trinajstić information content (AvgIpc) is 3.13. The molecule has 1 saturated heterocycles. The molecule has 0 bridgehead atoms. The zero-order valence-corrected chi connectivity index (χ0v) is 15.8. The molecule has 3 heterocycles. The largest absolute Gasteiger partial charge is 0.466 e. The van der Waals surface area contributed by atoms with Crippen molar-refractivity contribution in [3.05, 3.63) is 40.6 Å². The van der Waals surface area contributed by atoms with Crippen LogP contribution in [0.4, 0.5) is 0 Å². The molecule has 1 fully saturated rings. The Morgan fingerprint density at radius 3 is 2.48 bits per heavy atom. The predicted molar refractivity (Wildman–Crippen MR) is 96.7 cm³/mol. The van der Waals surface area contributed by atoms with E-state index in [4.69, 9.17) is 4.42 Å². The van der Waals surface area contributed by atoms with Crippen molar-refractivity contribution in [2.24, 2.45) is 0 Å². The molecule has 1 N–H and O–H groups in total. The number of rotatable bonds is 3. The Labute approximate surface area is 149 Å². The Hall–Kier alpha value is -2.08. The SMILES string of the molecule is Cc1cc(C(=O)N2CCN(Cc3cn[nH]c3C(C)(C)C)CC2)c(C)o1. The summed E-state index contributed by atoms with van der Waals surface area (Å²) in [4.78, 5) is 17.0. The lowest BCUT2D eigenvalue weighted by Crippen LogP contribution is -2.48. The Kier molecular flexibility index (Phi) is 4.73. The second-order valence-corrected chi connectivity index (χ2v) is 7.92. The van der Waals surface area contributed by atoms with Gasteiger partial charge in [-0.15, -0.1) is 0 Å². The minimum Gasteiger partial charge on any atom is -0.466 e. The zero-order chi connectivity index (χ0) is 18.2. The molecule has 3 rings (SSSR count). The van der Waals surface area contributed by atoms with E-state index in [0.29, 0.717) is 11.3 Å². The molecule has 0 aromatic carbocycles. The third kappa shape index (κ3) is 3.79. The molecule has 0 spiro atoms. The molecule has 6 heteroatoms. The maximum absolute atomic E-state index is 12.7. The number of carbonyl (C=O) groups is 1. The van der Waals surface area contributed by atoms with Gasteiger partial charge >= 0.3 is 0 Å². The molecule has 0 aliphatic carbocycles. The fraction of sp³-hybridized carbons (Fsp3) is 0.579. The molecule has 0 atom stereocenters. The third-order valence-electron chi connectivity index (χ3n) is 4.79. The van der Waals surface area contributed by atoms with Crippen LogP contribution in [-0.4, -0.2) is 52.1 Å². The van der Waals surface area contributed by atoms with Crippen molar-refractivity contribution in [3.8, 4) is 0 Å². The predicted octanol–water partition coefficient (Wildman–Crippen LogP) is 2.88. The quantitative estimate of drug-likeness (QED) is 0.930. The summed E-state index contributed by atoms with van der Waals surface area (Å²) in [5.74, 6) is 1.57. The fourth-order valence-corrected chi connectivity index (χ4v) is 3.44. The molecular formula is C19H28N4O2. The van der Waals surface area contributed by atoms with Gasteiger partial charge in [0.2, 0.25) is 0 Å². The molecule has 0 saturated carbocycles. The van der Waals surface area contributed by atoms with Crippen LogP contribution in [0.5, 0.6) is 0 Å². The molecule has 1 aliphatic heterocycles. The van der Waals surface area contributed by atoms with Gasteiger partial charge < -0.3 is 9.32 Å². The Morgan fingerprint density at radius 2 is 1.92 bits per heavy atom. The topological polar surface area (TPSA) is 65.4 Å². The molecule has 0 unspecified atom stereocenters. The smallest absolute Gasteiger partial charge is 0.257 e. The molecule has 1 aliphatic rings. The maximum Gasteiger partial charge on any atom is 0.257 e. The van der Waals surface area contributed by atoms with Gasteiger partial charge in [-0.05, 0) is 19.9 Å². The standard InChI is InChI=1S/C19H28N4O2/c1-13-10-16(14(2)25-13)18(24)23-8-6-22(7-9-23)12-15-11-20-21-17(15)19(3,4)5/h10-11H,6-9,12H2,1-5H3,(H,20,21). The molecule has 2 aromatic heterocycles. The number of nitrogens with zero attached hydrogens (tertiary/aromatic N) is 3. The Bertz CT molecular complexity index is 746. The molecule has 2 aromatic rings. The van der Waals surface area contributed by atoms with Crippen molar-refractivity contribution in [3.63, 3.8) is 0 Å². The Balaban J connectivity index is 1.60. The van der Waals surface area contributed by atoms with Crippen LogP contribution < -0.4 is 0 Å². The van der Waals surface area contributed by atoms with E-state index in [1.807, 2.05) is 31.0 Å². The second-order valence-electron chi connectivity index (χ2n) is 7.92. The number of aromatic amines is 1. The summed E-state index contributed by atoms with van der Waals surface area (Å²) in [7, 11) is 0. The zero-order valence-electron chi connectivity index (χ0n) is 15.8. The molecule has 136 valence electrons. The highest BCUT2D eigenvalue weighted by molar-refractivity contribution is 5.95. The van der Waals surface area contributed by atoms with Gasteiger partial charge in [0.05, 0.1) is 11.8 Å². The van der Waals surface area contributed by atoms with Gasteiger partial charge in [-0.25, -0.2) is 0 Å². The first kappa shape index (κ1) is 17.7. The molecular weight excluding hydrogens is 316 g/mol. The summed E-state index contributed by atoms with van der Waals surface area (Å²) in [6.07, 6.45) is 1.93. The van der Waals surface area contributed by atoms with Crippen LogP contribution in [-0.2, 0) is 12.0 Å². The van der Waals surface area contributed by atoms with Gasteiger partial charge in [0.1, 0.15) is 11.5 Å². The molecule has 1 amide bonds. The number of piperazine rings is 1. The van der Waals surface area contributed by atoms with Crippen molar-refractivity contribution in [2.45, 2.75) is 46.6 Å². The first-order valence-corrected chi connectivity index (χ1v) is 8.87. The summed E-state index contributed by atoms with van der Waals surface area (Å²) in [5, 5.41) is 7.36. The van der Waals surface area contributed by atoms with Gasteiger partial charge in [0.15, 0.2) is 0 Å². The van der Waals surface area contributed by atoms with Crippen LogP contribution in [0.2, 0.25) is 0 Å². The van der Waals surface area contributed by atoms with E-state index in [0.717, 1.165) is 38.5 Å². The van der Waals surface area contributed by atoms with E-state index >= 15 is 0 Å². The minimum atomic E-state index is 0.0558. The van der Waals surface area contributed by atoms with Crippen molar-refractivity contribution in [1.82, 2.24) is 20.0 Å². The van der Waals surface area contributed by atoms with E-state index in [-0.39, 0.29) is 11.3 Å². The van der Waals surface area contributed by atoms with Gasteiger partial charge in [0, 0.05) is 49.4 Å². The first-order chi connectivity index (χ1) is 11.8. The highest BCUT2D eigenvalue weighted by Crippen LogP contribution is 2.25. The lowest BCUT2D eigenvalue weighted by atomic mass is 9.89. The Morgan fingerprint density at radius 1 is 1.24 bits per heavy atom. The summed E-state index contributed by atoms with van der Waals surface area (Å²) in [5.41, 5.74) is 3.18. The number of aromatic nitrogens is 2. The van der Waals surface area contributed by atoms with Crippen molar-refractivity contribution in [2.75, 3.05) is 26.2 Å². The monoisotopic (exact) mass is 344 g/mol. The molecule has 25 heavy (non-hydrogen) atoms. The summed E-state index contributed by atoms with van der Waals surface area (Å²) < 4.78 is 5.49. The van der Waals surface area contributed by atoms with E-state index < -0.39 is 0 Å². The van der Waals surface area contributed by atoms with Crippen molar-refractivity contribution < 1.29 is 9.21 Å². The van der Waals surface area contributed by atoms with Crippen molar-refractivity contribution in [1.29, 1.82) is 0 Å². The lowest BCUT2D eigenvalue weighted by molar-refractivity contribution is 0.0626. The van der Waals surface area contributed by atoms with E-state index in [9.17, 15) is 4.79 Å². The fourth-order valence-electron chi connectivity index (χ4n) is 3.44. The number of amides is 1.